The molecule has 31 heavy (non-hydrogen) atoms. The third-order valence-corrected chi connectivity index (χ3v) is 5.48. The minimum absolute atomic E-state index is 0.00810. The van der Waals surface area contributed by atoms with Gasteiger partial charge in [-0.05, 0) is 23.8 Å². The second-order valence-corrected chi connectivity index (χ2v) is 7.75. The van der Waals surface area contributed by atoms with Crippen LogP contribution in [0.15, 0.2) is 59.0 Å². The highest BCUT2D eigenvalue weighted by atomic mass is 32.1. The number of anilines is 1. The monoisotopic (exact) mass is 440 g/mol. The quantitative estimate of drug-likeness (QED) is 0.616. The van der Waals surface area contributed by atoms with Crippen molar-refractivity contribution in [3.8, 4) is 11.3 Å². The van der Waals surface area contributed by atoms with Crippen LogP contribution in [0.25, 0.3) is 11.3 Å². The molecule has 0 bridgehead atoms. The van der Waals surface area contributed by atoms with Gasteiger partial charge in [0.2, 0.25) is 11.8 Å². The molecule has 0 saturated heterocycles. The highest BCUT2D eigenvalue weighted by Crippen LogP contribution is 2.27. The topological polar surface area (TPSA) is 74.7 Å². The van der Waals surface area contributed by atoms with Crippen molar-refractivity contribution in [2.24, 2.45) is 5.10 Å². The average molecular weight is 440 g/mol. The zero-order chi connectivity index (χ0) is 21.8. The predicted octanol–water partition coefficient (Wildman–Crippen LogP) is 4.44. The fourth-order valence-corrected chi connectivity index (χ4v) is 3.88. The van der Waals surface area contributed by atoms with Crippen molar-refractivity contribution in [1.29, 1.82) is 0 Å². The van der Waals surface area contributed by atoms with Gasteiger partial charge in [-0.1, -0.05) is 30.3 Å². The SMILES string of the molecule is O=C(CCC(=O)N1CCC(c2ccccc2)=N1)Nc1nc(-c2cc(F)ccc2F)cs1. The summed E-state index contributed by atoms with van der Waals surface area (Å²) in [5, 5.41) is 10.1. The summed E-state index contributed by atoms with van der Waals surface area (Å²) in [5.74, 6) is -1.80. The molecule has 6 nitrogen and oxygen atoms in total. The lowest BCUT2D eigenvalue weighted by atomic mass is 10.1. The Kier molecular flexibility index (Phi) is 6.13. The highest BCUT2D eigenvalue weighted by molar-refractivity contribution is 7.14. The summed E-state index contributed by atoms with van der Waals surface area (Å²) >= 11 is 1.10. The van der Waals surface area contributed by atoms with E-state index in [0.717, 1.165) is 40.8 Å². The lowest BCUT2D eigenvalue weighted by Crippen LogP contribution is -2.24. The van der Waals surface area contributed by atoms with Crippen molar-refractivity contribution in [3.05, 3.63) is 71.1 Å². The van der Waals surface area contributed by atoms with Gasteiger partial charge in [0, 0.05) is 30.2 Å². The van der Waals surface area contributed by atoms with Crippen LogP contribution in [0.1, 0.15) is 24.8 Å². The van der Waals surface area contributed by atoms with Crippen molar-refractivity contribution in [2.75, 3.05) is 11.9 Å². The number of hydrogen-bond donors (Lipinski definition) is 1. The number of benzene rings is 2. The summed E-state index contributed by atoms with van der Waals surface area (Å²) in [6, 6.07) is 12.7. The van der Waals surface area contributed by atoms with Crippen molar-refractivity contribution in [2.45, 2.75) is 19.3 Å². The van der Waals surface area contributed by atoms with E-state index in [2.05, 4.69) is 15.4 Å². The summed E-state index contributed by atoms with van der Waals surface area (Å²) in [6.45, 7) is 0.486. The molecule has 1 aliphatic heterocycles. The zero-order valence-electron chi connectivity index (χ0n) is 16.3. The molecule has 0 aliphatic carbocycles. The van der Waals surface area contributed by atoms with Gasteiger partial charge < -0.3 is 5.32 Å². The van der Waals surface area contributed by atoms with Gasteiger partial charge >= 0.3 is 0 Å². The van der Waals surface area contributed by atoms with Crippen LogP contribution in [0.4, 0.5) is 13.9 Å². The zero-order valence-corrected chi connectivity index (χ0v) is 17.2. The number of carbonyl (C=O) groups excluding carboxylic acids is 2. The van der Waals surface area contributed by atoms with E-state index in [-0.39, 0.29) is 41.0 Å². The molecular weight excluding hydrogens is 422 g/mol. The third kappa shape index (κ3) is 5.00. The normalized spacial score (nSPS) is 13.2. The van der Waals surface area contributed by atoms with Crippen LogP contribution in [0, 0.1) is 11.6 Å². The number of nitrogens with zero attached hydrogens (tertiary/aromatic N) is 3. The van der Waals surface area contributed by atoms with Crippen LogP contribution in [0.2, 0.25) is 0 Å². The summed E-state index contributed by atoms with van der Waals surface area (Å²) in [5.41, 5.74) is 2.07. The van der Waals surface area contributed by atoms with E-state index in [4.69, 9.17) is 0 Å². The number of nitrogens with one attached hydrogen (secondary N) is 1. The van der Waals surface area contributed by atoms with Crippen molar-refractivity contribution >= 4 is 34.0 Å². The Bertz CT molecular complexity index is 1150. The molecule has 1 aliphatic rings. The third-order valence-electron chi connectivity index (χ3n) is 4.72. The minimum Gasteiger partial charge on any atom is -0.302 e. The van der Waals surface area contributed by atoms with E-state index >= 15 is 0 Å². The standard InChI is InChI=1S/C22H18F2N4O2S/c23-15-6-7-17(24)16(12-15)19-13-31-22(25-19)26-20(29)8-9-21(30)28-11-10-18(27-28)14-4-2-1-3-5-14/h1-7,12-13H,8-11H2,(H,25,26,29). The second kappa shape index (κ2) is 9.13. The Labute approximate surface area is 181 Å². The van der Waals surface area contributed by atoms with E-state index in [0.29, 0.717) is 13.0 Å². The maximum atomic E-state index is 13.9. The lowest BCUT2D eigenvalue weighted by molar-refractivity contribution is -0.132. The molecule has 0 spiro atoms. The Hall–Kier alpha value is -3.46. The molecular formula is C22H18F2N4O2S. The van der Waals surface area contributed by atoms with E-state index < -0.39 is 11.6 Å². The van der Waals surface area contributed by atoms with Gasteiger partial charge in [-0.2, -0.15) is 5.10 Å². The molecule has 2 heterocycles. The number of aromatic nitrogens is 1. The summed E-state index contributed by atoms with van der Waals surface area (Å²) in [6.07, 6.45) is 0.642. The molecule has 2 aromatic carbocycles. The molecule has 4 rings (SSSR count). The first kappa shape index (κ1) is 20.8. The van der Waals surface area contributed by atoms with Gasteiger partial charge in [0.1, 0.15) is 11.6 Å². The van der Waals surface area contributed by atoms with E-state index in [1.165, 1.54) is 10.4 Å². The number of thiazole rings is 1. The smallest absolute Gasteiger partial charge is 0.243 e. The molecule has 1 aromatic heterocycles. The predicted molar refractivity (Wildman–Crippen MR) is 115 cm³/mol. The van der Waals surface area contributed by atoms with Crippen LogP contribution >= 0.6 is 11.3 Å². The molecule has 9 heteroatoms. The Morgan fingerprint density at radius 2 is 1.90 bits per heavy atom. The van der Waals surface area contributed by atoms with Gasteiger partial charge in [0.15, 0.2) is 5.13 Å². The van der Waals surface area contributed by atoms with E-state index in [9.17, 15) is 18.4 Å². The average Bonchev–Trinajstić information content (AvgIpc) is 3.44. The number of amides is 2. The molecule has 1 N–H and O–H groups in total. The molecule has 0 radical (unpaired) electrons. The van der Waals surface area contributed by atoms with Gasteiger partial charge in [-0.25, -0.2) is 18.8 Å². The van der Waals surface area contributed by atoms with Crippen LogP contribution in [0.5, 0.6) is 0 Å². The molecule has 3 aromatic rings. The van der Waals surface area contributed by atoms with Crippen LogP contribution in [-0.4, -0.2) is 34.1 Å². The number of hydrogen-bond acceptors (Lipinski definition) is 5. The van der Waals surface area contributed by atoms with Gasteiger partial charge in [-0.3, -0.25) is 9.59 Å². The maximum Gasteiger partial charge on any atom is 0.243 e. The fraction of sp³-hybridized carbons (Fsp3) is 0.182. The van der Waals surface area contributed by atoms with Gasteiger partial charge in [0.25, 0.3) is 0 Å². The Morgan fingerprint density at radius 1 is 1.10 bits per heavy atom. The Balaban J connectivity index is 1.31. The van der Waals surface area contributed by atoms with Crippen molar-refractivity contribution in [3.63, 3.8) is 0 Å². The highest BCUT2D eigenvalue weighted by Gasteiger charge is 2.22. The molecule has 0 atom stereocenters. The first-order valence-corrected chi connectivity index (χ1v) is 10.5. The maximum absolute atomic E-state index is 13.9. The molecule has 0 unspecified atom stereocenters. The molecule has 158 valence electrons. The minimum atomic E-state index is -0.601. The van der Waals surface area contributed by atoms with Crippen LogP contribution in [-0.2, 0) is 9.59 Å². The van der Waals surface area contributed by atoms with Gasteiger partial charge in [-0.15, -0.1) is 11.3 Å². The van der Waals surface area contributed by atoms with E-state index in [1.807, 2.05) is 30.3 Å². The second-order valence-electron chi connectivity index (χ2n) is 6.89. The van der Waals surface area contributed by atoms with Gasteiger partial charge in [0.05, 0.1) is 18.0 Å². The molecule has 0 saturated carbocycles. The van der Waals surface area contributed by atoms with Crippen LogP contribution in [0.3, 0.4) is 0 Å². The summed E-state index contributed by atoms with van der Waals surface area (Å²) in [4.78, 5) is 28.7. The fourth-order valence-electron chi connectivity index (χ4n) is 3.15. The first-order chi connectivity index (χ1) is 15.0. The van der Waals surface area contributed by atoms with E-state index in [1.54, 1.807) is 0 Å². The summed E-state index contributed by atoms with van der Waals surface area (Å²) < 4.78 is 27.2. The number of carbonyl (C=O) groups is 2. The molecule has 0 fully saturated rings. The number of rotatable bonds is 6. The van der Waals surface area contributed by atoms with Crippen molar-refractivity contribution in [1.82, 2.24) is 9.99 Å². The van der Waals surface area contributed by atoms with Crippen LogP contribution < -0.4 is 5.32 Å². The Morgan fingerprint density at radius 3 is 2.71 bits per heavy atom. The van der Waals surface area contributed by atoms with Crippen molar-refractivity contribution < 1.29 is 18.4 Å². The first-order valence-electron chi connectivity index (χ1n) is 9.63. The molecule has 2 amide bonds. The summed E-state index contributed by atoms with van der Waals surface area (Å²) in [7, 11) is 0. The number of halogens is 2. The lowest BCUT2D eigenvalue weighted by Gasteiger charge is -2.10. The number of hydrazone groups is 1. The largest absolute Gasteiger partial charge is 0.302 e.